The molecule has 2 atom stereocenters. The summed E-state index contributed by atoms with van der Waals surface area (Å²) < 4.78 is 6.44. The number of ether oxygens (including phenoxy) is 1. The molecule has 118 valence electrons. The van der Waals surface area contributed by atoms with Crippen molar-refractivity contribution in [3.8, 4) is 0 Å². The lowest BCUT2D eigenvalue weighted by atomic mass is 10.1. The minimum absolute atomic E-state index is 0. The molecule has 1 amide bonds. The molecular weight excluding hydrogens is 356 g/mol. The van der Waals surface area contributed by atoms with Crippen LogP contribution in [0.15, 0.2) is 28.7 Å². The number of amides is 1. The first-order valence-electron chi connectivity index (χ1n) is 6.99. The predicted molar refractivity (Wildman–Crippen MR) is 89.9 cm³/mol. The van der Waals surface area contributed by atoms with Crippen molar-refractivity contribution in [2.45, 2.75) is 31.8 Å². The maximum Gasteiger partial charge on any atom is 0.221 e. The van der Waals surface area contributed by atoms with Gasteiger partial charge in [-0.05, 0) is 25.0 Å². The molecule has 0 aliphatic carbocycles. The highest BCUT2D eigenvalue weighted by Crippen LogP contribution is 2.17. The summed E-state index contributed by atoms with van der Waals surface area (Å²) in [5, 5.41) is 6.34. The van der Waals surface area contributed by atoms with Gasteiger partial charge in [0.05, 0.1) is 13.2 Å². The normalized spacial score (nSPS) is 19.4. The second-order valence-corrected chi connectivity index (χ2v) is 6.05. The van der Waals surface area contributed by atoms with E-state index in [9.17, 15) is 4.79 Å². The Morgan fingerprint density at radius 3 is 2.95 bits per heavy atom. The first kappa shape index (κ1) is 18.4. The van der Waals surface area contributed by atoms with Crippen molar-refractivity contribution in [2.24, 2.45) is 0 Å². The molecule has 0 radical (unpaired) electrons. The molecule has 0 spiro atoms. The van der Waals surface area contributed by atoms with Crippen LogP contribution < -0.4 is 10.6 Å². The van der Waals surface area contributed by atoms with Crippen LogP contribution in [0.5, 0.6) is 0 Å². The molecule has 1 aliphatic heterocycles. The van der Waals surface area contributed by atoms with Crippen LogP contribution in [0.25, 0.3) is 0 Å². The molecule has 1 aliphatic rings. The van der Waals surface area contributed by atoms with E-state index in [1.165, 1.54) is 5.56 Å². The maximum absolute atomic E-state index is 12.0. The van der Waals surface area contributed by atoms with Gasteiger partial charge in [0.2, 0.25) is 5.91 Å². The van der Waals surface area contributed by atoms with Crippen LogP contribution in [0, 0.1) is 0 Å². The van der Waals surface area contributed by atoms with Crippen LogP contribution in [0.4, 0.5) is 0 Å². The van der Waals surface area contributed by atoms with Gasteiger partial charge in [0.15, 0.2) is 0 Å². The lowest BCUT2D eigenvalue weighted by Crippen LogP contribution is -2.45. The number of halogens is 2. The summed E-state index contributed by atoms with van der Waals surface area (Å²) in [6, 6.07) is 8.35. The molecule has 1 heterocycles. The van der Waals surface area contributed by atoms with E-state index >= 15 is 0 Å². The van der Waals surface area contributed by atoms with E-state index in [1.807, 2.05) is 25.1 Å². The van der Waals surface area contributed by atoms with E-state index < -0.39 is 0 Å². The zero-order valence-corrected chi connectivity index (χ0v) is 14.5. The van der Waals surface area contributed by atoms with Crippen molar-refractivity contribution in [1.82, 2.24) is 10.6 Å². The van der Waals surface area contributed by atoms with Crippen molar-refractivity contribution in [3.63, 3.8) is 0 Å². The standard InChI is InChI=1S/C15H21BrN2O2.ClH/c1-11(8-12-4-2-3-5-14(12)16)18-15(19)9-13-10-20-7-6-17-13;/h2-5,11,13,17H,6-10H2,1H3,(H,18,19);1H. The third kappa shape index (κ3) is 6.34. The molecule has 21 heavy (non-hydrogen) atoms. The SMILES string of the molecule is CC(Cc1ccccc1Br)NC(=O)CC1COCCN1.Cl. The third-order valence-corrected chi connectivity index (χ3v) is 4.10. The number of morpholine rings is 1. The van der Waals surface area contributed by atoms with Crippen molar-refractivity contribution >= 4 is 34.2 Å². The molecule has 6 heteroatoms. The van der Waals surface area contributed by atoms with E-state index in [0.29, 0.717) is 13.0 Å². The molecule has 1 aromatic carbocycles. The number of nitrogens with one attached hydrogen (secondary N) is 2. The van der Waals surface area contributed by atoms with Gasteiger partial charge in [0.1, 0.15) is 0 Å². The fourth-order valence-corrected chi connectivity index (χ4v) is 2.80. The van der Waals surface area contributed by atoms with E-state index in [2.05, 4.69) is 32.6 Å². The molecule has 2 rings (SSSR count). The Hall–Kier alpha value is -0.620. The van der Waals surface area contributed by atoms with E-state index in [1.54, 1.807) is 0 Å². The summed E-state index contributed by atoms with van der Waals surface area (Å²) >= 11 is 3.53. The molecule has 2 unspecified atom stereocenters. The van der Waals surface area contributed by atoms with Gasteiger partial charge >= 0.3 is 0 Å². The molecular formula is C15H22BrClN2O2. The quantitative estimate of drug-likeness (QED) is 0.828. The highest BCUT2D eigenvalue weighted by Gasteiger charge is 2.18. The third-order valence-electron chi connectivity index (χ3n) is 3.32. The Kier molecular flexibility index (Phi) is 8.26. The van der Waals surface area contributed by atoms with Crippen LogP contribution in [0.3, 0.4) is 0 Å². The molecule has 0 saturated carbocycles. The van der Waals surface area contributed by atoms with Crippen LogP contribution in [-0.2, 0) is 16.0 Å². The van der Waals surface area contributed by atoms with Gasteiger partial charge in [0.25, 0.3) is 0 Å². The molecule has 0 aromatic heterocycles. The molecule has 1 fully saturated rings. The van der Waals surface area contributed by atoms with Crippen molar-refractivity contribution in [2.75, 3.05) is 19.8 Å². The minimum Gasteiger partial charge on any atom is -0.378 e. The number of carbonyl (C=O) groups is 1. The zero-order chi connectivity index (χ0) is 14.4. The summed E-state index contributed by atoms with van der Waals surface area (Å²) in [6.45, 7) is 4.20. The van der Waals surface area contributed by atoms with Crippen molar-refractivity contribution in [3.05, 3.63) is 34.3 Å². The van der Waals surface area contributed by atoms with Gasteiger partial charge in [0, 0.05) is 29.5 Å². The number of hydrogen-bond donors (Lipinski definition) is 2. The maximum atomic E-state index is 12.0. The Morgan fingerprint density at radius 1 is 1.52 bits per heavy atom. The second-order valence-electron chi connectivity index (χ2n) is 5.19. The average Bonchev–Trinajstić information content (AvgIpc) is 2.42. The Labute approximate surface area is 140 Å². The van der Waals surface area contributed by atoms with Gasteiger partial charge in [-0.2, -0.15) is 0 Å². The molecule has 2 N–H and O–H groups in total. The summed E-state index contributed by atoms with van der Waals surface area (Å²) in [5.74, 6) is 0.0764. The van der Waals surface area contributed by atoms with E-state index in [4.69, 9.17) is 4.74 Å². The van der Waals surface area contributed by atoms with Crippen LogP contribution in [0.2, 0.25) is 0 Å². The molecule has 1 saturated heterocycles. The number of carbonyl (C=O) groups excluding carboxylic acids is 1. The summed E-state index contributed by atoms with van der Waals surface area (Å²) in [7, 11) is 0. The summed E-state index contributed by atoms with van der Waals surface area (Å²) in [4.78, 5) is 12.0. The highest BCUT2D eigenvalue weighted by molar-refractivity contribution is 9.10. The molecule has 1 aromatic rings. The Bertz CT molecular complexity index is 453. The number of benzene rings is 1. The first-order chi connectivity index (χ1) is 9.65. The lowest BCUT2D eigenvalue weighted by molar-refractivity contribution is -0.122. The largest absolute Gasteiger partial charge is 0.378 e. The minimum atomic E-state index is 0. The monoisotopic (exact) mass is 376 g/mol. The van der Waals surface area contributed by atoms with Gasteiger partial charge in [-0.25, -0.2) is 0 Å². The predicted octanol–water partition coefficient (Wildman–Crippen LogP) is 2.30. The van der Waals surface area contributed by atoms with Gasteiger partial charge < -0.3 is 15.4 Å². The number of rotatable bonds is 5. The Morgan fingerprint density at radius 2 is 2.29 bits per heavy atom. The first-order valence-corrected chi connectivity index (χ1v) is 7.78. The van der Waals surface area contributed by atoms with Crippen LogP contribution in [0.1, 0.15) is 18.9 Å². The van der Waals surface area contributed by atoms with Gasteiger partial charge in [-0.1, -0.05) is 34.1 Å². The summed E-state index contributed by atoms with van der Waals surface area (Å²) in [5.41, 5.74) is 1.21. The van der Waals surface area contributed by atoms with Gasteiger partial charge in [-0.3, -0.25) is 4.79 Å². The van der Waals surface area contributed by atoms with Gasteiger partial charge in [-0.15, -0.1) is 12.4 Å². The average molecular weight is 378 g/mol. The van der Waals surface area contributed by atoms with Crippen molar-refractivity contribution in [1.29, 1.82) is 0 Å². The topological polar surface area (TPSA) is 50.4 Å². The second kappa shape index (κ2) is 9.41. The fourth-order valence-electron chi connectivity index (χ4n) is 2.35. The van der Waals surface area contributed by atoms with E-state index in [0.717, 1.165) is 24.0 Å². The highest BCUT2D eigenvalue weighted by atomic mass is 79.9. The zero-order valence-electron chi connectivity index (χ0n) is 12.1. The van der Waals surface area contributed by atoms with E-state index in [-0.39, 0.29) is 30.4 Å². The lowest BCUT2D eigenvalue weighted by Gasteiger charge is -2.24. The summed E-state index contributed by atoms with van der Waals surface area (Å²) in [6.07, 6.45) is 1.29. The fraction of sp³-hybridized carbons (Fsp3) is 0.533. The molecule has 0 bridgehead atoms. The smallest absolute Gasteiger partial charge is 0.221 e. The van der Waals surface area contributed by atoms with Crippen LogP contribution in [-0.4, -0.2) is 37.7 Å². The Balaban J connectivity index is 0.00000220. The number of hydrogen-bond acceptors (Lipinski definition) is 3. The van der Waals surface area contributed by atoms with Crippen LogP contribution >= 0.6 is 28.3 Å². The van der Waals surface area contributed by atoms with Crippen molar-refractivity contribution < 1.29 is 9.53 Å². The molecule has 4 nitrogen and oxygen atoms in total.